The Morgan fingerprint density at radius 1 is 0.750 bits per heavy atom. The van der Waals surface area contributed by atoms with Gasteiger partial charge in [0.25, 0.3) is 0 Å². The highest BCUT2D eigenvalue weighted by molar-refractivity contribution is 5.27. The molecule has 0 atom stereocenters. The van der Waals surface area contributed by atoms with Crippen LogP contribution in [-0.2, 0) is 0 Å². The van der Waals surface area contributed by atoms with Crippen LogP contribution in [0.25, 0.3) is 0 Å². The molecule has 0 saturated heterocycles. The molecule has 1 rings (SSSR count). The van der Waals surface area contributed by atoms with Crippen molar-refractivity contribution in [2.24, 2.45) is 11.8 Å². The minimum atomic E-state index is 0.718. The molecule has 1 aromatic carbocycles. The van der Waals surface area contributed by atoms with E-state index in [2.05, 4.69) is 59.7 Å². The fraction of sp³-hybridized carbons (Fsp3) is 0.778. The summed E-state index contributed by atoms with van der Waals surface area (Å²) in [5, 5.41) is 0. The van der Waals surface area contributed by atoms with Gasteiger partial charge in [-0.05, 0) is 49.3 Å². The second-order valence-corrected chi connectivity index (χ2v) is 7.25. The first-order valence-corrected chi connectivity index (χ1v) is 12.3. The first-order chi connectivity index (χ1) is 13.6. The van der Waals surface area contributed by atoms with Crippen molar-refractivity contribution in [1.82, 2.24) is 0 Å². The van der Waals surface area contributed by atoms with E-state index < -0.39 is 0 Å². The second kappa shape index (κ2) is 26.0. The third-order valence-corrected chi connectivity index (χ3v) is 4.43. The number of benzene rings is 1. The van der Waals surface area contributed by atoms with Gasteiger partial charge in [0.05, 0.1) is 6.61 Å². The summed E-state index contributed by atoms with van der Waals surface area (Å²) >= 11 is 0. The van der Waals surface area contributed by atoms with E-state index in [9.17, 15) is 0 Å². The molecule has 0 aromatic heterocycles. The van der Waals surface area contributed by atoms with Crippen LogP contribution in [0.1, 0.15) is 119 Å². The van der Waals surface area contributed by atoms with Crippen molar-refractivity contribution in [1.29, 1.82) is 0 Å². The number of rotatable bonds is 11. The van der Waals surface area contributed by atoms with Crippen molar-refractivity contribution in [2.45, 2.75) is 121 Å². The molecule has 1 heteroatoms. The highest BCUT2D eigenvalue weighted by Gasteiger charge is 2.07. The Labute approximate surface area is 179 Å². The molecule has 0 aliphatic heterocycles. The summed E-state index contributed by atoms with van der Waals surface area (Å²) in [7, 11) is 0. The number of hydrogen-bond acceptors (Lipinski definition) is 1. The van der Waals surface area contributed by atoms with Crippen molar-refractivity contribution in [3.05, 3.63) is 29.8 Å². The summed E-state index contributed by atoms with van der Waals surface area (Å²) in [6.45, 7) is 22.3. The summed E-state index contributed by atoms with van der Waals surface area (Å²) in [6, 6.07) is 8.30. The molecule has 0 radical (unpaired) electrons. The average molecular weight is 395 g/mol. The fourth-order valence-electron chi connectivity index (χ4n) is 3.18. The summed E-state index contributed by atoms with van der Waals surface area (Å²) in [5.41, 5.74) is 1.26. The molecule has 1 nitrogen and oxygen atoms in total. The lowest BCUT2D eigenvalue weighted by Gasteiger charge is -2.16. The summed E-state index contributed by atoms with van der Waals surface area (Å²) < 4.78 is 5.85. The molecule has 168 valence electrons. The predicted octanol–water partition coefficient (Wildman–Crippen LogP) is 9.87. The van der Waals surface area contributed by atoms with E-state index in [1.807, 2.05) is 33.8 Å². The second-order valence-electron chi connectivity index (χ2n) is 7.25. The SMILES string of the molecule is CC.CC.CCCC(C)CCC.CCCC(CCC)COc1cccc(C)c1. The van der Waals surface area contributed by atoms with Gasteiger partial charge in [0.2, 0.25) is 0 Å². The Kier molecular flexibility index (Phi) is 29.5. The molecule has 0 fully saturated rings. The topological polar surface area (TPSA) is 9.23 Å². The quantitative estimate of drug-likeness (QED) is 0.363. The van der Waals surface area contributed by atoms with Crippen molar-refractivity contribution < 1.29 is 4.74 Å². The van der Waals surface area contributed by atoms with Crippen LogP contribution >= 0.6 is 0 Å². The third kappa shape index (κ3) is 21.3. The van der Waals surface area contributed by atoms with Crippen LogP contribution in [0, 0.1) is 18.8 Å². The zero-order valence-corrected chi connectivity index (χ0v) is 21.2. The van der Waals surface area contributed by atoms with Crippen LogP contribution in [-0.4, -0.2) is 6.61 Å². The van der Waals surface area contributed by atoms with E-state index in [-0.39, 0.29) is 0 Å². The Bertz CT molecular complexity index is 374. The number of aryl methyl sites for hydroxylation is 1. The normalized spacial score (nSPS) is 9.57. The molecule has 0 aliphatic rings. The molecular formula is C27H54O. The maximum Gasteiger partial charge on any atom is 0.119 e. The largest absolute Gasteiger partial charge is 0.493 e. The van der Waals surface area contributed by atoms with Gasteiger partial charge in [-0.15, -0.1) is 0 Å². The van der Waals surface area contributed by atoms with Crippen molar-refractivity contribution in [3.63, 3.8) is 0 Å². The first-order valence-electron chi connectivity index (χ1n) is 12.3. The van der Waals surface area contributed by atoms with Gasteiger partial charge >= 0.3 is 0 Å². The highest BCUT2D eigenvalue weighted by Crippen LogP contribution is 2.18. The smallest absolute Gasteiger partial charge is 0.119 e. The maximum absolute atomic E-state index is 5.85. The molecule has 0 spiro atoms. The third-order valence-electron chi connectivity index (χ3n) is 4.43. The molecule has 0 unspecified atom stereocenters. The van der Waals surface area contributed by atoms with E-state index in [1.54, 1.807) is 0 Å². The lowest BCUT2D eigenvalue weighted by atomic mass is 9.99. The molecule has 0 saturated carbocycles. The van der Waals surface area contributed by atoms with E-state index >= 15 is 0 Å². The summed E-state index contributed by atoms with van der Waals surface area (Å²) in [5.74, 6) is 2.69. The number of ether oxygens (including phenoxy) is 1. The van der Waals surface area contributed by atoms with Gasteiger partial charge in [0, 0.05) is 0 Å². The Balaban J connectivity index is -0.000000440. The predicted molar refractivity (Wildman–Crippen MR) is 132 cm³/mol. The number of hydrogen-bond donors (Lipinski definition) is 0. The minimum absolute atomic E-state index is 0.718. The summed E-state index contributed by atoms with van der Waals surface area (Å²) in [4.78, 5) is 0. The van der Waals surface area contributed by atoms with Crippen molar-refractivity contribution >= 4 is 0 Å². The van der Waals surface area contributed by atoms with Crippen LogP contribution < -0.4 is 4.74 Å². The molecule has 28 heavy (non-hydrogen) atoms. The van der Waals surface area contributed by atoms with Gasteiger partial charge in [-0.3, -0.25) is 0 Å². The van der Waals surface area contributed by atoms with Crippen LogP contribution in [0.3, 0.4) is 0 Å². The fourth-order valence-corrected chi connectivity index (χ4v) is 3.18. The van der Waals surface area contributed by atoms with Gasteiger partial charge < -0.3 is 4.74 Å². The molecule has 0 N–H and O–H groups in total. The zero-order valence-electron chi connectivity index (χ0n) is 21.2. The lowest BCUT2D eigenvalue weighted by Crippen LogP contribution is -2.11. The van der Waals surface area contributed by atoms with E-state index in [1.165, 1.54) is 56.9 Å². The van der Waals surface area contributed by atoms with Gasteiger partial charge in [0.15, 0.2) is 0 Å². The lowest BCUT2D eigenvalue weighted by molar-refractivity contribution is 0.229. The average Bonchev–Trinajstić information content (AvgIpc) is 2.71. The van der Waals surface area contributed by atoms with Crippen molar-refractivity contribution in [2.75, 3.05) is 6.61 Å². The summed E-state index contributed by atoms with van der Waals surface area (Å²) in [6.07, 6.45) is 10.6. The van der Waals surface area contributed by atoms with Gasteiger partial charge in [-0.1, -0.05) is 113 Å². The highest BCUT2D eigenvalue weighted by atomic mass is 16.5. The van der Waals surface area contributed by atoms with Crippen molar-refractivity contribution in [3.8, 4) is 5.75 Å². The molecular weight excluding hydrogens is 340 g/mol. The minimum Gasteiger partial charge on any atom is -0.493 e. The molecule has 1 aromatic rings. The van der Waals surface area contributed by atoms with E-state index in [4.69, 9.17) is 4.74 Å². The van der Waals surface area contributed by atoms with Gasteiger partial charge in [-0.25, -0.2) is 0 Å². The van der Waals surface area contributed by atoms with Crippen LogP contribution in [0.4, 0.5) is 0 Å². The molecule has 0 bridgehead atoms. The van der Waals surface area contributed by atoms with Gasteiger partial charge in [0.1, 0.15) is 5.75 Å². The monoisotopic (exact) mass is 394 g/mol. The van der Waals surface area contributed by atoms with Crippen LogP contribution in [0.5, 0.6) is 5.75 Å². The van der Waals surface area contributed by atoms with Gasteiger partial charge in [-0.2, -0.15) is 0 Å². The molecule has 0 aliphatic carbocycles. The maximum atomic E-state index is 5.85. The van der Waals surface area contributed by atoms with Crippen LogP contribution in [0.15, 0.2) is 24.3 Å². The van der Waals surface area contributed by atoms with E-state index in [0.717, 1.165) is 24.2 Å². The molecule has 0 amide bonds. The Hall–Kier alpha value is -0.980. The Morgan fingerprint density at radius 2 is 1.21 bits per heavy atom. The first kappa shape index (κ1) is 31.7. The van der Waals surface area contributed by atoms with E-state index in [0.29, 0.717) is 0 Å². The van der Waals surface area contributed by atoms with Crippen LogP contribution in [0.2, 0.25) is 0 Å². The standard InChI is InChI=1S/C15H24O.C8H18.2C2H6/c1-4-7-14(8-5-2)12-16-15-10-6-9-13(3)11-15;1-4-6-8(3)7-5-2;2*1-2/h6,9-11,14H,4-5,7-8,12H2,1-3H3;8H,4-7H2,1-3H3;2*1-2H3. The zero-order chi connectivity index (χ0) is 22.2. The Morgan fingerprint density at radius 3 is 1.61 bits per heavy atom. The molecule has 0 heterocycles.